The van der Waals surface area contributed by atoms with E-state index in [9.17, 15) is 13.2 Å². The first-order valence-corrected chi connectivity index (χ1v) is 5.69. The van der Waals surface area contributed by atoms with Crippen LogP contribution in [0.5, 0.6) is 0 Å². The number of alkyl halides is 3. The van der Waals surface area contributed by atoms with Crippen molar-refractivity contribution in [3.8, 4) is 0 Å². The second-order valence-electron chi connectivity index (χ2n) is 2.76. The molecule has 0 aliphatic heterocycles. The molecule has 0 saturated carbocycles. The van der Waals surface area contributed by atoms with Gasteiger partial charge in [0, 0.05) is 5.02 Å². The minimum Gasteiger partial charge on any atom is -0.228 e. The smallest absolute Gasteiger partial charge is 0.228 e. The molecule has 80 valence electrons. The zero-order valence-corrected chi connectivity index (χ0v) is 10.1. The monoisotopic (exact) mass is 315 g/mol. The van der Waals surface area contributed by atoms with Crippen LogP contribution in [0.1, 0.15) is 5.56 Å². The fraction of sp³-hybridized carbons (Fsp3) is 0.125. The molecule has 1 aromatic heterocycles. The van der Waals surface area contributed by atoms with Crippen LogP contribution in [0.25, 0.3) is 10.2 Å². The first-order valence-electron chi connectivity index (χ1n) is 3.71. The Morgan fingerprint density at radius 1 is 1.33 bits per heavy atom. The molecule has 0 bridgehead atoms. The number of thiazole rings is 1. The number of aromatic nitrogens is 1. The Morgan fingerprint density at radius 3 is 2.60 bits per heavy atom. The van der Waals surface area contributed by atoms with Crippen LogP contribution in [0.2, 0.25) is 5.02 Å². The average Bonchev–Trinajstić information content (AvgIpc) is 2.41. The van der Waals surface area contributed by atoms with Gasteiger partial charge in [0.05, 0.1) is 15.8 Å². The van der Waals surface area contributed by atoms with E-state index in [1.165, 1.54) is 6.07 Å². The van der Waals surface area contributed by atoms with Gasteiger partial charge in [0.25, 0.3) is 0 Å². The molecule has 1 aromatic carbocycles. The average molecular weight is 317 g/mol. The van der Waals surface area contributed by atoms with Crippen molar-refractivity contribution >= 4 is 49.1 Å². The van der Waals surface area contributed by atoms with Crippen LogP contribution in [-0.2, 0) is 6.18 Å². The Morgan fingerprint density at radius 2 is 2.00 bits per heavy atom. The van der Waals surface area contributed by atoms with E-state index in [4.69, 9.17) is 11.6 Å². The minimum absolute atomic E-state index is 0.0611. The summed E-state index contributed by atoms with van der Waals surface area (Å²) in [7, 11) is 0. The van der Waals surface area contributed by atoms with Gasteiger partial charge >= 0.3 is 6.18 Å². The summed E-state index contributed by atoms with van der Waals surface area (Å²) in [5.74, 6) is 0. The lowest BCUT2D eigenvalue weighted by Crippen LogP contribution is -2.05. The van der Waals surface area contributed by atoms with Crippen molar-refractivity contribution in [1.29, 1.82) is 0 Å². The number of benzene rings is 1. The molecular weight excluding hydrogens is 315 g/mol. The van der Waals surface area contributed by atoms with E-state index in [-0.39, 0.29) is 10.5 Å². The van der Waals surface area contributed by atoms with Crippen molar-refractivity contribution in [3.05, 3.63) is 26.6 Å². The fourth-order valence-electron chi connectivity index (χ4n) is 1.18. The zero-order chi connectivity index (χ0) is 11.2. The predicted octanol–water partition coefficient (Wildman–Crippen LogP) is 4.73. The summed E-state index contributed by atoms with van der Waals surface area (Å²) in [6.07, 6.45) is -4.43. The minimum atomic E-state index is -4.43. The van der Waals surface area contributed by atoms with E-state index in [2.05, 4.69) is 20.9 Å². The zero-order valence-electron chi connectivity index (χ0n) is 6.90. The van der Waals surface area contributed by atoms with Gasteiger partial charge < -0.3 is 0 Å². The van der Waals surface area contributed by atoms with Crippen LogP contribution in [0.15, 0.2) is 16.0 Å². The van der Waals surface area contributed by atoms with Crippen LogP contribution in [-0.4, -0.2) is 4.98 Å². The third-order valence-electron chi connectivity index (χ3n) is 1.74. The number of nitrogens with zero attached hydrogens (tertiary/aromatic N) is 1. The standard InChI is InChI=1S/C8H2BrClF3NS/c9-7-14-6-4(8(11,12)13)1-3(10)2-5(6)15-7/h1-2H. The molecule has 0 radical (unpaired) electrons. The van der Waals surface area contributed by atoms with E-state index in [1.54, 1.807) is 0 Å². The summed E-state index contributed by atoms with van der Waals surface area (Å²) in [5.41, 5.74) is -0.865. The molecule has 0 atom stereocenters. The van der Waals surface area contributed by atoms with Crippen molar-refractivity contribution in [1.82, 2.24) is 4.98 Å². The summed E-state index contributed by atoms with van der Waals surface area (Å²) in [6.45, 7) is 0. The summed E-state index contributed by atoms with van der Waals surface area (Å²) >= 11 is 9.77. The van der Waals surface area contributed by atoms with E-state index >= 15 is 0 Å². The summed E-state index contributed by atoms with van der Waals surface area (Å²) in [4.78, 5) is 3.78. The lowest BCUT2D eigenvalue weighted by atomic mass is 10.2. The molecule has 0 saturated heterocycles. The molecule has 0 unspecified atom stereocenters. The van der Waals surface area contributed by atoms with E-state index in [0.29, 0.717) is 8.62 Å². The highest BCUT2D eigenvalue weighted by molar-refractivity contribution is 9.11. The van der Waals surface area contributed by atoms with Gasteiger partial charge in [-0.1, -0.05) is 11.6 Å². The molecule has 0 aliphatic rings. The highest BCUT2D eigenvalue weighted by Crippen LogP contribution is 2.39. The maximum Gasteiger partial charge on any atom is 0.418 e. The summed E-state index contributed by atoms with van der Waals surface area (Å²) in [5, 5.41) is 0.0611. The Balaban J connectivity index is 2.82. The van der Waals surface area contributed by atoms with Gasteiger partial charge in [0.1, 0.15) is 0 Å². The molecule has 0 amide bonds. The highest BCUT2D eigenvalue weighted by Gasteiger charge is 2.34. The molecule has 15 heavy (non-hydrogen) atoms. The second kappa shape index (κ2) is 3.61. The maximum absolute atomic E-state index is 12.6. The van der Waals surface area contributed by atoms with E-state index in [0.717, 1.165) is 17.4 Å². The van der Waals surface area contributed by atoms with Gasteiger partial charge in [-0.05, 0) is 28.1 Å². The largest absolute Gasteiger partial charge is 0.418 e. The van der Waals surface area contributed by atoms with Crippen LogP contribution in [0, 0.1) is 0 Å². The molecule has 0 spiro atoms. The van der Waals surface area contributed by atoms with Crippen LogP contribution < -0.4 is 0 Å². The lowest BCUT2D eigenvalue weighted by molar-refractivity contribution is -0.136. The Hall–Kier alpha value is -0.330. The van der Waals surface area contributed by atoms with Gasteiger partial charge in [0.2, 0.25) is 0 Å². The quantitative estimate of drug-likeness (QED) is 0.684. The van der Waals surface area contributed by atoms with Crippen molar-refractivity contribution in [2.45, 2.75) is 6.18 Å². The topological polar surface area (TPSA) is 12.9 Å². The third-order valence-corrected chi connectivity index (χ3v) is 3.41. The number of hydrogen-bond acceptors (Lipinski definition) is 2. The molecular formula is C8H2BrClF3NS. The van der Waals surface area contributed by atoms with Crippen LogP contribution in [0.4, 0.5) is 13.2 Å². The summed E-state index contributed by atoms with van der Waals surface area (Å²) < 4.78 is 38.6. The van der Waals surface area contributed by atoms with Crippen molar-refractivity contribution in [2.24, 2.45) is 0 Å². The number of rotatable bonds is 0. The lowest BCUT2D eigenvalue weighted by Gasteiger charge is -2.07. The van der Waals surface area contributed by atoms with Gasteiger partial charge in [0.15, 0.2) is 3.92 Å². The third kappa shape index (κ3) is 2.11. The predicted molar refractivity (Wildman–Crippen MR) is 57.3 cm³/mol. The van der Waals surface area contributed by atoms with Gasteiger partial charge in [-0.25, -0.2) is 4.98 Å². The Labute approximate surface area is 100 Å². The molecule has 0 aliphatic carbocycles. The normalized spacial score (nSPS) is 12.3. The SMILES string of the molecule is FC(F)(F)c1cc(Cl)cc2sc(Br)nc12. The van der Waals surface area contributed by atoms with Crippen molar-refractivity contribution in [2.75, 3.05) is 0 Å². The highest BCUT2D eigenvalue weighted by atomic mass is 79.9. The second-order valence-corrected chi connectivity index (χ2v) is 5.51. The molecule has 2 aromatic rings. The fourth-order valence-corrected chi connectivity index (χ4v) is 2.92. The van der Waals surface area contributed by atoms with Gasteiger partial charge in [-0.15, -0.1) is 11.3 Å². The van der Waals surface area contributed by atoms with Crippen LogP contribution in [0.3, 0.4) is 0 Å². The molecule has 7 heteroatoms. The molecule has 2 rings (SSSR count). The summed E-state index contributed by atoms with van der Waals surface area (Å²) in [6, 6.07) is 2.35. The van der Waals surface area contributed by atoms with Crippen LogP contribution >= 0.6 is 38.9 Å². The first-order chi connectivity index (χ1) is 6.88. The van der Waals surface area contributed by atoms with E-state index < -0.39 is 11.7 Å². The number of halogens is 5. The Kier molecular flexibility index (Phi) is 2.68. The molecule has 1 heterocycles. The van der Waals surface area contributed by atoms with Crippen molar-refractivity contribution < 1.29 is 13.2 Å². The number of fused-ring (bicyclic) bond motifs is 1. The molecule has 0 N–H and O–H groups in total. The first kappa shape index (κ1) is 11.2. The Bertz CT molecular complexity index is 522. The molecule has 0 fully saturated rings. The van der Waals surface area contributed by atoms with E-state index in [1.807, 2.05) is 0 Å². The van der Waals surface area contributed by atoms with Gasteiger partial charge in [-0.3, -0.25) is 0 Å². The number of hydrogen-bond donors (Lipinski definition) is 0. The maximum atomic E-state index is 12.6. The van der Waals surface area contributed by atoms with Crippen molar-refractivity contribution in [3.63, 3.8) is 0 Å². The molecule has 1 nitrogen and oxygen atoms in total. The van der Waals surface area contributed by atoms with Gasteiger partial charge in [-0.2, -0.15) is 13.2 Å².